The van der Waals surface area contributed by atoms with Crippen LogP contribution >= 0.6 is 11.8 Å². The highest BCUT2D eigenvalue weighted by atomic mass is 32.2. The molecule has 3 aromatic rings. The van der Waals surface area contributed by atoms with Crippen LogP contribution in [0.5, 0.6) is 0 Å². The lowest BCUT2D eigenvalue weighted by Crippen LogP contribution is -2.39. The van der Waals surface area contributed by atoms with E-state index < -0.39 is 5.91 Å². The highest BCUT2D eigenvalue weighted by Gasteiger charge is 2.20. The van der Waals surface area contributed by atoms with E-state index >= 15 is 0 Å². The number of fused-ring (bicyclic) bond motifs is 1. The third-order valence-electron chi connectivity index (χ3n) is 3.80. The minimum absolute atomic E-state index is 0.160. The molecule has 0 fully saturated rings. The van der Waals surface area contributed by atoms with Crippen molar-refractivity contribution < 1.29 is 9.59 Å². The Balaban J connectivity index is 1.65. The molecule has 0 spiro atoms. The number of nitrogens with one attached hydrogen (secondary N) is 2. The molecule has 27 heavy (non-hydrogen) atoms. The molecule has 0 saturated carbocycles. The highest BCUT2D eigenvalue weighted by molar-refractivity contribution is 7.98. The highest BCUT2D eigenvalue weighted by Crippen LogP contribution is 2.18. The summed E-state index contributed by atoms with van der Waals surface area (Å²) in [5, 5.41) is 13.8. The second-order valence-corrected chi connectivity index (χ2v) is 6.65. The summed E-state index contributed by atoms with van der Waals surface area (Å²) in [6, 6.07) is 5.31. The molecule has 2 N–H and O–H groups in total. The van der Waals surface area contributed by atoms with E-state index in [0.29, 0.717) is 17.9 Å². The molecule has 0 radical (unpaired) electrons. The number of carbonyl (C=O) groups excluding carboxylic acids is 2. The van der Waals surface area contributed by atoms with Crippen LogP contribution in [0.4, 0.5) is 0 Å². The van der Waals surface area contributed by atoms with Crippen molar-refractivity contribution in [2.45, 2.75) is 12.5 Å². The minimum atomic E-state index is -0.452. The van der Waals surface area contributed by atoms with Crippen molar-refractivity contribution in [1.29, 1.82) is 0 Å². The number of rotatable bonds is 8. The quantitative estimate of drug-likeness (QED) is 0.591. The second-order valence-electron chi connectivity index (χ2n) is 5.66. The molecular weight excluding hydrogens is 366 g/mol. The lowest BCUT2D eigenvalue weighted by molar-refractivity contribution is -0.121. The van der Waals surface area contributed by atoms with Crippen molar-refractivity contribution in [2.24, 2.45) is 0 Å². The number of nitrogens with zero attached hydrogens (tertiary/aromatic N) is 5. The van der Waals surface area contributed by atoms with E-state index in [1.807, 2.05) is 35.1 Å². The SMILES string of the molecule is CSCC[C@@H](NC(=O)CNC(=O)c1cnccn1)c1nnc2ccccn12. The summed E-state index contributed by atoms with van der Waals surface area (Å²) in [5.41, 5.74) is 0.875. The van der Waals surface area contributed by atoms with Gasteiger partial charge in [-0.2, -0.15) is 11.8 Å². The first-order valence-corrected chi connectivity index (χ1v) is 9.70. The Hall–Kier alpha value is -3.01. The molecule has 2 amide bonds. The molecule has 0 aliphatic rings. The summed E-state index contributed by atoms with van der Waals surface area (Å²) < 4.78 is 1.85. The summed E-state index contributed by atoms with van der Waals surface area (Å²) in [6.07, 6.45) is 8.80. The summed E-state index contributed by atoms with van der Waals surface area (Å²) in [5.74, 6) is 0.740. The van der Waals surface area contributed by atoms with Crippen molar-refractivity contribution >= 4 is 29.2 Å². The number of aromatic nitrogens is 5. The monoisotopic (exact) mass is 385 g/mol. The van der Waals surface area contributed by atoms with Gasteiger partial charge in [0.2, 0.25) is 5.91 Å². The zero-order valence-electron chi connectivity index (χ0n) is 14.7. The lowest BCUT2D eigenvalue weighted by atomic mass is 10.2. The third kappa shape index (κ3) is 4.79. The molecule has 9 nitrogen and oxygen atoms in total. The van der Waals surface area contributed by atoms with Gasteiger partial charge in [0, 0.05) is 18.6 Å². The molecule has 10 heteroatoms. The predicted molar refractivity (Wildman–Crippen MR) is 101 cm³/mol. The van der Waals surface area contributed by atoms with Gasteiger partial charge in [-0.25, -0.2) is 4.98 Å². The maximum absolute atomic E-state index is 12.4. The number of hydrogen-bond donors (Lipinski definition) is 2. The molecule has 3 rings (SSSR count). The maximum Gasteiger partial charge on any atom is 0.271 e. The molecular formula is C17H19N7O2S. The molecule has 0 aromatic carbocycles. The first kappa shape index (κ1) is 18.8. The average Bonchev–Trinajstić information content (AvgIpc) is 3.14. The minimum Gasteiger partial charge on any atom is -0.344 e. The molecule has 3 heterocycles. The smallest absolute Gasteiger partial charge is 0.271 e. The Morgan fingerprint density at radius 1 is 1.26 bits per heavy atom. The number of carbonyl (C=O) groups is 2. The normalized spacial score (nSPS) is 11.9. The van der Waals surface area contributed by atoms with E-state index in [-0.39, 0.29) is 24.2 Å². The largest absolute Gasteiger partial charge is 0.344 e. The van der Waals surface area contributed by atoms with Gasteiger partial charge in [0.25, 0.3) is 5.91 Å². The topological polar surface area (TPSA) is 114 Å². The fourth-order valence-electron chi connectivity index (χ4n) is 2.51. The number of hydrogen-bond acceptors (Lipinski definition) is 7. The van der Waals surface area contributed by atoms with Gasteiger partial charge in [0.15, 0.2) is 11.5 Å². The van der Waals surface area contributed by atoms with E-state index in [0.717, 1.165) is 5.75 Å². The Bertz CT molecular complexity index is 916. The van der Waals surface area contributed by atoms with E-state index in [2.05, 4.69) is 30.8 Å². The van der Waals surface area contributed by atoms with Gasteiger partial charge in [-0.3, -0.25) is 19.0 Å². The van der Waals surface area contributed by atoms with Crippen molar-refractivity contribution in [3.8, 4) is 0 Å². The molecule has 0 saturated heterocycles. The fourth-order valence-corrected chi connectivity index (χ4v) is 2.98. The van der Waals surface area contributed by atoms with Gasteiger partial charge < -0.3 is 10.6 Å². The summed E-state index contributed by atoms with van der Waals surface area (Å²) in [4.78, 5) is 32.1. The molecule has 1 atom stereocenters. The molecule has 0 aliphatic heterocycles. The maximum atomic E-state index is 12.4. The predicted octanol–water partition coefficient (Wildman–Crippen LogP) is 0.860. The summed E-state index contributed by atoms with van der Waals surface area (Å²) >= 11 is 1.68. The van der Waals surface area contributed by atoms with E-state index in [1.165, 1.54) is 18.6 Å². The Labute approximate surface area is 160 Å². The van der Waals surface area contributed by atoms with Crippen LogP contribution in [0, 0.1) is 0 Å². The van der Waals surface area contributed by atoms with Crippen LogP contribution in [0.2, 0.25) is 0 Å². The zero-order chi connectivity index (χ0) is 19.1. The summed E-state index contributed by atoms with van der Waals surface area (Å²) in [7, 11) is 0. The van der Waals surface area contributed by atoms with Crippen LogP contribution in [0.1, 0.15) is 28.8 Å². The van der Waals surface area contributed by atoms with Crippen LogP contribution in [0.25, 0.3) is 5.65 Å². The van der Waals surface area contributed by atoms with Crippen LogP contribution in [0.3, 0.4) is 0 Å². The van der Waals surface area contributed by atoms with Gasteiger partial charge in [-0.05, 0) is 30.6 Å². The molecule has 0 bridgehead atoms. The summed E-state index contributed by atoms with van der Waals surface area (Å²) in [6.45, 7) is -0.165. The molecule has 0 unspecified atom stereocenters. The van der Waals surface area contributed by atoms with Gasteiger partial charge in [0.1, 0.15) is 5.69 Å². The van der Waals surface area contributed by atoms with E-state index in [9.17, 15) is 9.59 Å². The van der Waals surface area contributed by atoms with Gasteiger partial charge >= 0.3 is 0 Å². The van der Waals surface area contributed by atoms with Crippen molar-refractivity contribution in [3.05, 3.63) is 54.5 Å². The average molecular weight is 385 g/mol. The van der Waals surface area contributed by atoms with E-state index in [1.54, 1.807) is 11.8 Å². The fraction of sp³-hybridized carbons (Fsp3) is 0.294. The Morgan fingerprint density at radius 2 is 2.15 bits per heavy atom. The van der Waals surface area contributed by atoms with Gasteiger partial charge in [0.05, 0.1) is 18.8 Å². The molecule has 140 valence electrons. The number of amides is 2. The van der Waals surface area contributed by atoms with Crippen molar-refractivity contribution in [2.75, 3.05) is 18.6 Å². The van der Waals surface area contributed by atoms with Crippen LogP contribution in [0.15, 0.2) is 43.0 Å². The molecule has 3 aromatic heterocycles. The number of thioether (sulfide) groups is 1. The van der Waals surface area contributed by atoms with Crippen LogP contribution < -0.4 is 10.6 Å². The molecule has 0 aliphatic carbocycles. The standard InChI is InChI=1S/C17H19N7O2S/c1-27-9-5-12(16-23-22-14-4-2-3-8-24(14)16)21-15(25)11-20-17(26)13-10-18-6-7-19-13/h2-4,6-8,10,12H,5,9,11H2,1H3,(H,20,26)(H,21,25)/t12-/m1/s1. The number of pyridine rings is 1. The second kappa shape index (κ2) is 9.08. The van der Waals surface area contributed by atoms with Gasteiger partial charge in [-0.1, -0.05) is 6.07 Å². The van der Waals surface area contributed by atoms with Gasteiger partial charge in [-0.15, -0.1) is 10.2 Å². The van der Waals surface area contributed by atoms with Crippen LogP contribution in [-0.2, 0) is 4.79 Å². The van der Waals surface area contributed by atoms with Crippen molar-refractivity contribution in [3.63, 3.8) is 0 Å². The lowest BCUT2D eigenvalue weighted by Gasteiger charge is -2.17. The zero-order valence-corrected chi connectivity index (χ0v) is 15.5. The first-order valence-electron chi connectivity index (χ1n) is 8.31. The first-order chi connectivity index (χ1) is 13.2. The Kier molecular flexibility index (Phi) is 6.31. The third-order valence-corrected chi connectivity index (χ3v) is 4.45. The Morgan fingerprint density at radius 3 is 2.93 bits per heavy atom. The van der Waals surface area contributed by atoms with E-state index in [4.69, 9.17) is 0 Å². The van der Waals surface area contributed by atoms with Crippen molar-refractivity contribution in [1.82, 2.24) is 35.2 Å². The van der Waals surface area contributed by atoms with Crippen LogP contribution in [-0.4, -0.2) is 54.9 Å².